The number of benzene rings is 2. The second-order valence-electron chi connectivity index (χ2n) is 5.54. The second kappa shape index (κ2) is 5.26. The largest absolute Gasteiger partial charge is 0.464 e. The molecule has 0 N–H and O–H groups in total. The van der Waals surface area contributed by atoms with E-state index in [4.69, 9.17) is 4.74 Å². The van der Waals surface area contributed by atoms with Crippen LogP contribution in [0.5, 0.6) is 0 Å². The van der Waals surface area contributed by atoms with Gasteiger partial charge in [-0.1, -0.05) is 48.5 Å². The van der Waals surface area contributed by atoms with Crippen LogP contribution in [0.25, 0.3) is 0 Å². The monoisotopic (exact) mass is 297 g/mol. The molecule has 0 unspecified atom stereocenters. The first-order valence-corrected chi connectivity index (χ1v) is 7.01. The second-order valence-corrected chi connectivity index (χ2v) is 5.54. The standard InChI is InChI=1S/C17H15NO4/c1-17(12-7-3-2-4-8-12)14(11-22-16(17)19)13-9-5-6-10-15(13)18(20)21/h2-10,14H,11H2,1H3/t14-,17-/m0/s1. The zero-order chi connectivity index (χ0) is 15.7. The molecule has 0 bridgehead atoms. The highest BCUT2D eigenvalue weighted by atomic mass is 16.6. The van der Waals surface area contributed by atoms with E-state index in [1.807, 2.05) is 30.3 Å². The van der Waals surface area contributed by atoms with E-state index in [9.17, 15) is 14.9 Å². The van der Waals surface area contributed by atoms with Crippen LogP contribution in [0.4, 0.5) is 5.69 Å². The Kier molecular flexibility index (Phi) is 3.41. The lowest BCUT2D eigenvalue weighted by Gasteiger charge is -2.27. The molecule has 0 amide bonds. The molecular weight excluding hydrogens is 282 g/mol. The van der Waals surface area contributed by atoms with Gasteiger partial charge in [-0.2, -0.15) is 0 Å². The molecule has 3 rings (SSSR count). The minimum atomic E-state index is -0.923. The van der Waals surface area contributed by atoms with Crippen molar-refractivity contribution >= 4 is 11.7 Å². The number of cyclic esters (lactones) is 1. The van der Waals surface area contributed by atoms with Crippen molar-refractivity contribution in [2.75, 3.05) is 6.61 Å². The minimum Gasteiger partial charge on any atom is -0.464 e. The maximum atomic E-state index is 12.4. The van der Waals surface area contributed by atoms with Crippen LogP contribution in [0.1, 0.15) is 24.0 Å². The Labute approximate surface area is 127 Å². The summed E-state index contributed by atoms with van der Waals surface area (Å²) in [5, 5.41) is 11.3. The van der Waals surface area contributed by atoms with Crippen molar-refractivity contribution in [2.45, 2.75) is 18.3 Å². The van der Waals surface area contributed by atoms with E-state index < -0.39 is 10.3 Å². The number of carbonyl (C=O) groups excluding carboxylic acids is 1. The number of carbonyl (C=O) groups is 1. The number of hydrogen-bond donors (Lipinski definition) is 0. The first-order chi connectivity index (χ1) is 10.5. The van der Waals surface area contributed by atoms with Gasteiger partial charge in [0.05, 0.1) is 11.5 Å². The number of para-hydroxylation sites is 1. The zero-order valence-corrected chi connectivity index (χ0v) is 12.1. The highest BCUT2D eigenvalue weighted by Crippen LogP contribution is 2.46. The summed E-state index contributed by atoms with van der Waals surface area (Å²) < 4.78 is 5.26. The molecule has 0 aromatic heterocycles. The normalized spacial score (nSPS) is 24.0. The molecule has 0 spiro atoms. The van der Waals surface area contributed by atoms with Gasteiger partial charge in [0.1, 0.15) is 5.41 Å². The summed E-state index contributed by atoms with van der Waals surface area (Å²) in [6, 6.07) is 15.8. The fraction of sp³-hybridized carbons (Fsp3) is 0.235. The van der Waals surface area contributed by atoms with E-state index in [2.05, 4.69) is 0 Å². The van der Waals surface area contributed by atoms with E-state index >= 15 is 0 Å². The fourth-order valence-electron chi connectivity index (χ4n) is 3.07. The Morgan fingerprint density at radius 1 is 1.14 bits per heavy atom. The van der Waals surface area contributed by atoms with Gasteiger partial charge in [0.25, 0.3) is 5.69 Å². The van der Waals surface area contributed by atoms with E-state index in [1.165, 1.54) is 6.07 Å². The summed E-state index contributed by atoms with van der Waals surface area (Å²) in [6.45, 7) is 1.94. The average molecular weight is 297 g/mol. The first kappa shape index (κ1) is 14.3. The summed E-state index contributed by atoms with van der Waals surface area (Å²) in [5.41, 5.74) is 0.436. The van der Waals surface area contributed by atoms with Gasteiger partial charge < -0.3 is 4.74 Å². The Balaban J connectivity index is 2.15. The highest BCUT2D eigenvalue weighted by Gasteiger charge is 2.52. The van der Waals surface area contributed by atoms with Gasteiger partial charge in [0, 0.05) is 17.5 Å². The number of nitrogens with zero attached hydrogens (tertiary/aromatic N) is 1. The molecule has 1 aliphatic rings. The zero-order valence-electron chi connectivity index (χ0n) is 12.1. The van der Waals surface area contributed by atoms with Gasteiger partial charge in [0.2, 0.25) is 0 Å². The number of rotatable bonds is 3. The third kappa shape index (κ3) is 2.06. The molecule has 0 aliphatic carbocycles. The molecule has 1 fully saturated rings. The van der Waals surface area contributed by atoms with Gasteiger partial charge >= 0.3 is 5.97 Å². The van der Waals surface area contributed by atoms with Crippen molar-refractivity contribution in [1.82, 2.24) is 0 Å². The van der Waals surface area contributed by atoms with Gasteiger partial charge in [-0.25, -0.2) is 0 Å². The third-order valence-electron chi connectivity index (χ3n) is 4.38. The molecule has 2 aromatic carbocycles. The number of ether oxygens (including phenoxy) is 1. The SMILES string of the molecule is C[C@@]1(c2ccccc2)C(=O)OC[C@H]1c1ccccc1[N+](=O)[O-]. The van der Waals surface area contributed by atoms with Gasteiger partial charge in [0.15, 0.2) is 0 Å². The predicted molar refractivity (Wildman–Crippen MR) is 80.6 cm³/mol. The van der Waals surface area contributed by atoms with Crippen molar-refractivity contribution in [2.24, 2.45) is 0 Å². The molecule has 5 heteroatoms. The van der Waals surface area contributed by atoms with Gasteiger partial charge in [-0.3, -0.25) is 14.9 Å². The first-order valence-electron chi connectivity index (χ1n) is 7.01. The predicted octanol–water partition coefficient (Wildman–Crippen LogP) is 3.19. The molecule has 2 atom stereocenters. The van der Waals surface area contributed by atoms with Crippen LogP contribution < -0.4 is 0 Å². The summed E-state index contributed by atoms with van der Waals surface area (Å²) >= 11 is 0. The van der Waals surface area contributed by atoms with Crippen LogP contribution in [-0.2, 0) is 14.9 Å². The van der Waals surface area contributed by atoms with Crippen LogP contribution in [0.3, 0.4) is 0 Å². The number of nitro groups is 1. The Morgan fingerprint density at radius 2 is 1.77 bits per heavy atom. The lowest BCUT2D eigenvalue weighted by molar-refractivity contribution is -0.385. The van der Waals surface area contributed by atoms with Crippen LogP contribution >= 0.6 is 0 Å². The van der Waals surface area contributed by atoms with E-state index in [0.29, 0.717) is 5.56 Å². The van der Waals surface area contributed by atoms with Crippen LogP contribution in [0.2, 0.25) is 0 Å². The molecule has 112 valence electrons. The van der Waals surface area contributed by atoms with Crippen molar-refractivity contribution in [3.05, 3.63) is 75.8 Å². The van der Waals surface area contributed by atoms with E-state index in [-0.39, 0.29) is 24.2 Å². The fourth-order valence-corrected chi connectivity index (χ4v) is 3.07. The van der Waals surface area contributed by atoms with Crippen molar-refractivity contribution in [1.29, 1.82) is 0 Å². The maximum Gasteiger partial charge on any atom is 0.317 e. The van der Waals surface area contributed by atoms with E-state index in [0.717, 1.165) is 5.56 Å². The van der Waals surface area contributed by atoms with Crippen LogP contribution in [0.15, 0.2) is 54.6 Å². The van der Waals surface area contributed by atoms with Crippen LogP contribution in [-0.4, -0.2) is 17.5 Å². The minimum absolute atomic E-state index is 0.0213. The smallest absolute Gasteiger partial charge is 0.317 e. The van der Waals surface area contributed by atoms with Crippen molar-refractivity contribution in [3.63, 3.8) is 0 Å². The number of hydrogen-bond acceptors (Lipinski definition) is 4. The summed E-state index contributed by atoms with van der Waals surface area (Å²) in [5.74, 6) is -0.731. The summed E-state index contributed by atoms with van der Waals surface area (Å²) in [7, 11) is 0. The number of esters is 1. The average Bonchev–Trinajstić information content (AvgIpc) is 2.85. The molecule has 1 heterocycles. The number of nitro benzene ring substituents is 1. The molecule has 22 heavy (non-hydrogen) atoms. The maximum absolute atomic E-state index is 12.4. The molecular formula is C17H15NO4. The molecule has 1 saturated heterocycles. The molecule has 2 aromatic rings. The van der Waals surface area contributed by atoms with Crippen molar-refractivity contribution < 1.29 is 14.5 Å². The van der Waals surface area contributed by atoms with E-state index in [1.54, 1.807) is 25.1 Å². The topological polar surface area (TPSA) is 69.4 Å². The lowest BCUT2D eigenvalue weighted by Crippen LogP contribution is -2.33. The Bertz CT molecular complexity index is 728. The Hall–Kier alpha value is -2.69. The van der Waals surface area contributed by atoms with Gasteiger partial charge in [-0.15, -0.1) is 0 Å². The summed E-state index contributed by atoms with van der Waals surface area (Å²) in [4.78, 5) is 23.2. The van der Waals surface area contributed by atoms with Crippen LogP contribution in [0, 0.1) is 10.1 Å². The third-order valence-corrected chi connectivity index (χ3v) is 4.38. The van der Waals surface area contributed by atoms with Crippen molar-refractivity contribution in [3.8, 4) is 0 Å². The molecule has 0 saturated carbocycles. The molecule has 5 nitrogen and oxygen atoms in total. The quantitative estimate of drug-likeness (QED) is 0.495. The lowest BCUT2D eigenvalue weighted by atomic mass is 9.70. The highest BCUT2D eigenvalue weighted by molar-refractivity contribution is 5.86. The molecule has 1 aliphatic heterocycles. The summed E-state index contributed by atoms with van der Waals surface area (Å²) in [6.07, 6.45) is 0. The molecule has 0 radical (unpaired) electrons. The Morgan fingerprint density at radius 3 is 2.45 bits per heavy atom. The van der Waals surface area contributed by atoms with Gasteiger partial charge in [-0.05, 0) is 12.5 Å².